The molecule has 5 heteroatoms. The van der Waals surface area contributed by atoms with Gasteiger partial charge in [-0.25, -0.2) is 0 Å². The first-order valence-electron chi connectivity index (χ1n) is 9.35. The average Bonchev–Trinajstić information content (AvgIpc) is 2.78. The van der Waals surface area contributed by atoms with E-state index in [1.807, 2.05) is 54.6 Å². The fourth-order valence-corrected chi connectivity index (χ4v) is 3.24. The minimum atomic E-state index is -0.0989. The van der Waals surface area contributed by atoms with Crippen LogP contribution >= 0.6 is 0 Å². The number of carbonyl (C=O) groups is 1. The van der Waals surface area contributed by atoms with E-state index in [2.05, 4.69) is 5.32 Å². The van der Waals surface area contributed by atoms with Crippen LogP contribution in [0.1, 0.15) is 23.5 Å². The molecule has 0 saturated heterocycles. The van der Waals surface area contributed by atoms with Gasteiger partial charge in [-0.05, 0) is 35.4 Å². The second kappa shape index (κ2) is 9.64. The Morgan fingerprint density at radius 3 is 2.03 bits per heavy atom. The first-order valence-corrected chi connectivity index (χ1v) is 9.35. The van der Waals surface area contributed by atoms with Gasteiger partial charge in [-0.1, -0.05) is 42.5 Å². The molecule has 0 aliphatic heterocycles. The van der Waals surface area contributed by atoms with Crippen molar-refractivity contribution in [3.8, 4) is 17.2 Å². The van der Waals surface area contributed by atoms with E-state index >= 15 is 0 Å². The lowest BCUT2D eigenvalue weighted by atomic mass is 9.88. The van der Waals surface area contributed by atoms with E-state index in [1.165, 1.54) is 0 Å². The van der Waals surface area contributed by atoms with Gasteiger partial charge < -0.3 is 19.5 Å². The molecule has 0 aliphatic carbocycles. The van der Waals surface area contributed by atoms with Crippen molar-refractivity contribution in [3.63, 3.8) is 0 Å². The molecule has 5 nitrogen and oxygen atoms in total. The topological polar surface area (TPSA) is 56.8 Å². The van der Waals surface area contributed by atoms with Crippen molar-refractivity contribution in [2.45, 2.75) is 12.3 Å². The molecule has 0 heterocycles. The third kappa shape index (κ3) is 5.08. The molecule has 3 aromatic carbocycles. The molecule has 0 saturated carbocycles. The molecule has 150 valence electrons. The van der Waals surface area contributed by atoms with Gasteiger partial charge in [0, 0.05) is 18.4 Å². The molecule has 29 heavy (non-hydrogen) atoms. The van der Waals surface area contributed by atoms with Crippen LogP contribution < -0.4 is 19.5 Å². The molecular formula is C24H25NO4. The molecule has 0 aromatic heterocycles. The molecule has 0 aliphatic rings. The number of benzene rings is 3. The number of hydrogen-bond donors (Lipinski definition) is 1. The van der Waals surface area contributed by atoms with E-state index in [0.717, 1.165) is 16.9 Å². The zero-order valence-corrected chi connectivity index (χ0v) is 16.8. The van der Waals surface area contributed by atoms with Crippen LogP contribution in [0.5, 0.6) is 17.2 Å². The van der Waals surface area contributed by atoms with E-state index in [1.54, 1.807) is 39.5 Å². The summed E-state index contributed by atoms with van der Waals surface area (Å²) in [5.74, 6) is 1.83. The van der Waals surface area contributed by atoms with Crippen LogP contribution in [0.4, 0.5) is 5.69 Å². The molecular weight excluding hydrogens is 366 g/mol. The highest BCUT2D eigenvalue weighted by Crippen LogP contribution is 2.32. The van der Waals surface area contributed by atoms with Crippen molar-refractivity contribution in [3.05, 3.63) is 83.9 Å². The minimum Gasteiger partial charge on any atom is -0.497 e. The summed E-state index contributed by atoms with van der Waals surface area (Å²) < 4.78 is 15.8. The zero-order chi connectivity index (χ0) is 20.6. The van der Waals surface area contributed by atoms with Crippen LogP contribution in [0.2, 0.25) is 0 Å². The van der Waals surface area contributed by atoms with Gasteiger partial charge in [0.2, 0.25) is 5.91 Å². The van der Waals surface area contributed by atoms with Crippen LogP contribution in [-0.2, 0) is 4.79 Å². The quantitative estimate of drug-likeness (QED) is 0.595. The van der Waals surface area contributed by atoms with E-state index in [4.69, 9.17) is 14.2 Å². The number of anilines is 1. The largest absolute Gasteiger partial charge is 0.497 e. The monoisotopic (exact) mass is 391 g/mol. The van der Waals surface area contributed by atoms with Crippen LogP contribution in [0.3, 0.4) is 0 Å². The Bertz CT molecular complexity index is 939. The van der Waals surface area contributed by atoms with Crippen LogP contribution in [0.25, 0.3) is 0 Å². The summed E-state index contributed by atoms with van der Waals surface area (Å²) in [6, 6.07) is 23.1. The van der Waals surface area contributed by atoms with Gasteiger partial charge >= 0.3 is 0 Å². The number of rotatable bonds is 8. The predicted octanol–water partition coefficient (Wildman–Crippen LogP) is 4.87. The maximum atomic E-state index is 12.9. The second-order valence-electron chi connectivity index (χ2n) is 6.55. The van der Waals surface area contributed by atoms with Gasteiger partial charge in [-0.15, -0.1) is 0 Å². The Morgan fingerprint density at radius 1 is 0.793 bits per heavy atom. The lowest BCUT2D eigenvalue weighted by Crippen LogP contribution is -2.17. The van der Waals surface area contributed by atoms with E-state index < -0.39 is 0 Å². The molecule has 0 fully saturated rings. The summed E-state index contributed by atoms with van der Waals surface area (Å²) in [6.07, 6.45) is 0.297. The molecule has 1 N–H and O–H groups in total. The lowest BCUT2D eigenvalue weighted by molar-refractivity contribution is -0.116. The smallest absolute Gasteiger partial charge is 0.225 e. The standard InChI is InChI=1S/C24H25NO4/c1-27-19-11-9-18(10-12-19)21(17-7-5-4-6-8-17)16-24(26)25-22-14-13-20(28-2)15-23(22)29-3/h4-15,21H,16H2,1-3H3,(H,25,26)/t21-/m0/s1. The van der Waals surface area contributed by atoms with Gasteiger partial charge in [0.05, 0.1) is 27.0 Å². The van der Waals surface area contributed by atoms with Crippen molar-refractivity contribution in [2.75, 3.05) is 26.6 Å². The van der Waals surface area contributed by atoms with Crippen LogP contribution in [-0.4, -0.2) is 27.2 Å². The van der Waals surface area contributed by atoms with Crippen molar-refractivity contribution >= 4 is 11.6 Å². The molecule has 1 atom stereocenters. The minimum absolute atomic E-state index is 0.0775. The SMILES string of the molecule is COc1ccc([C@@H](CC(=O)Nc2ccc(OC)cc2OC)c2ccccc2)cc1. The normalized spacial score (nSPS) is 11.4. The van der Waals surface area contributed by atoms with Crippen molar-refractivity contribution in [2.24, 2.45) is 0 Å². The number of nitrogens with one attached hydrogen (secondary N) is 1. The Hall–Kier alpha value is -3.47. The predicted molar refractivity (Wildman–Crippen MR) is 114 cm³/mol. The highest BCUT2D eigenvalue weighted by atomic mass is 16.5. The van der Waals surface area contributed by atoms with Crippen molar-refractivity contribution < 1.29 is 19.0 Å². The Labute approximate surface area is 171 Å². The van der Waals surface area contributed by atoms with Gasteiger partial charge in [0.1, 0.15) is 17.2 Å². The highest BCUT2D eigenvalue weighted by molar-refractivity contribution is 5.93. The van der Waals surface area contributed by atoms with E-state index in [9.17, 15) is 4.79 Å². The van der Waals surface area contributed by atoms with Crippen molar-refractivity contribution in [1.29, 1.82) is 0 Å². The molecule has 0 radical (unpaired) electrons. The first-order chi connectivity index (χ1) is 14.1. The van der Waals surface area contributed by atoms with Crippen LogP contribution in [0.15, 0.2) is 72.8 Å². The molecule has 0 unspecified atom stereocenters. The summed E-state index contributed by atoms with van der Waals surface area (Å²) in [7, 11) is 4.79. The Morgan fingerprint density at radius 2 is 1.41 bits per heavy atom. The second-order valence-corrected chi connectivity index (χ2v) is 6.55. The fourth-order valence-electron chi connectivity index (χ4n) is 3.24. The fraction of sp³-hybridized carbons (Fsp3) is 0.208. The molecule has 1 amide bonds. The average molecular weight is 391 g/mol. The third-order valence-corrected chi connectivity index (χ3v) is 4.79. The zero-order valence-electron chi connectivity index (χ0n) is 16.8. The number of methoxy groups -OCH3 is 3. The summed E-state index contributed by atoms with van der Waals surface area (Å²) in [5, 5.41) is 2.96. The number of carbonyl (C=O) groups excluding carboxylic acids is 1. The summed E-state index contributed by atoms with van der Waals surface area (Å²) in [4.78, 5) is 12.9. The Balaban J connectivity index is 1.83. The van der Waals surface area contributed by atoms with E-state index in [0.29, 0.717) is 23.6 Å². The summed E-state index contributed by atoms with van der Waals surface area (Å²) in [5.41, 5.74) is 2.74. The molecule has 3 rings (SSSR count). The molecule has 3 aromatic rings. The van der Waals surface area contributed by atoms with Gasteiger partial charge in [0.25, 0.3) is 0 Å². The highest BCUT2D eigenvalue weighted by Gasteiger charge is 2.19. The maximum absolute atomic E-state index is 12.9. The van der Waals surface area contributed by atoms with E-state index in [-0.39, 0.29) is 11.8 Å². The third-order valence-electron chi connectivity index (χ3n) is 4.79. The molecule has 0 bridgehead atoms. The first kappa shape index (κ1) is 20.3. The maximum Gasteiger partial charge on any atom is 0.225 e. The summed E-state index contributed by atoms with van der Waals surface area (Å²) in [6.45, 7) is 0. The van der Waals surface area contributed by atoms with Gasteiger partial charge in [-0.3, -0.25) is 4.79 Å². The van der Waals surface area contributed by atoms with Gasteiger partial charge in [0.15, 0.2) is 0 Å². The molecule has 0 spiro atoms. The number of ether oxygens (including phenoxy) is 3. The van der Waals surface area contributed by atoms with Gasteiger partial charge in [-0.2, -0.15) is 0 Å². The number of amides is 1. The Kier molecular flexibility index (Phi) is 6.74. The van der Waals surface area contributed by atoms with Crippen molar-refractivity contribution in [1.82, 2.24) is 0 Å². The lowest BCUT2D eigenvalue weighted by Gasteiger charge is -2.19. The summed E-state index contributed by atoms with van der Waals surface area (Å²) >= 11 is 0. The van der Waals surface area contributed by atoms with Crippen LogP contribution in [0, 0.1) is 0 Å². The number of hydrogen-bond acceptors (Lipinski definition) is 4.